The highest BCUT2D eigenvalue weighted by Gasteiger charge is 2.45. The molecule has 5 rings (SSSR count). The standard InChI is InChI=1S/C40H48/c1-9-13-25(3)31-17-19-33(20-18-31)38-28(6)21-34(29(38)7)23-35-24-36-22-27(5)37(26(4)14-10-2)40(39(36)30(35)8)32-15-11-12-16-32/h11-12,15,17-23,27,29,37,39-40H,3-4,8-10,13-14,16,24H2,1-2,5-7H3. The fourth-order valence-electron chi connectivity index (χ4n) is 8.00. The molecule has 0 nitrogen and oxygen atoms in total. The van der Waals surface area contributed by atoms with Crippen molar-refractivity contribution >= 4 is 11.1 Å². The highest BCUT2D eigenvalue weighted by Crippen LogP contribution is 2.56. The van der Waals surface area contributed by atoms with Gasteiger partial charge in [0.25, 0.3) is 0 Å². The van der Waals surface area contributed by atoms with Crippen molar-refractivity contribution in [3.63, 3.8) is 0 Å². The SMILES string of the molecule is C=C(CCC)c1ccc(C2=C(C)C=C(C=C3CC4=CC(C)C(C(=C)CCC)C(C5=CC=CC5)C4C3=C)C2C)cc1. The molecule has 0 heterocycles. The minimum Gasteiger partial charge on any atom is -0.0995 e. The average molecular weight is 529 g/mol. The predicted molar refractivity (Wildman–Crippen MR) is 176 cm³/mol. The summed E-state index contributed by atoms with van der Waals surface area (Å²) in [7, 11) is 0. The van der Waals surface area contributed by atoms with E-state index >= 15 is 0 Å². The van der Waals surface area contributed by atoms with Crippen LogP contribution in [0, 0.1) is 29.6 Å². The second-order valence-electron chi connectivity index (χ2n) is 12.7. The van der Waals surface area contributed by atoms with Crippen molar-refractivity contribution in [2.24, 2.45) is 29.6 Å². The lowest BCUT2D eigenvalue weighted by molar-refractivity contribution is 0.281. The van der Waals surface area contributed by atoms with Crippen LogP contribution in [-0.2, 0) is 0 Å². The summed E-state index contributed by atoms with van der Waals surface area (Å²) in [5.74, 6) is 2.26. The molecule has 40 heavy (non-hydrogen) atoms. The van der Waals surface area contributed by atoms with Gasteiger partial charge in [-0.2, -0.15) is 0 Å². The molecular formula is C40H48. The summed E-state index contributed by atoms with van der Waals surface area (Å²) in [6.45, 7) is 25.2. The smallest absolute Gasteiger partial charge is 0.0120 e. The molecule has 4 aliphatic carbocycles. The lowest BCUT2D eigenvalue weighted by Crippen LogP contribution is -2.34. The normalized spacial score (nSPS) is 28.6. The van der Waals surface area contributed by atoms with Crippen LogP contribution in [0.25, 0.3) is 11.1 Å². The average Bonchev–Trinajstić information content (AvgIpc) is 3.63. The monoisotopic (exact) mass is 528 g/mol. The number of allylic oxidation sites excluding steroid dienone is 15. The van der Waals surface area contributed by atoms with Gasteiger partial charge in [-0.25, -0.2) is 0 Å². The number of rotatable bonds is 9. The van der Waals surface area contributed by atoms with Gasteiger partial charge in [0, 0.05) is 11.8 Å². The summed E-state index contributed by atoms with van der Waals surface area (Å²) >= 11 is 0. The Labute approximate surface area is 244 Å². The van der Waals surface area contributed by atoms with E-state index in [-0.39, 0.29) is 0 Å². The zero-order valence-electron chi connectivity index (χ0n) is 25.5. The fourth-order valence-corrected chi connectivity index (χ4v) is 8.00. The Morgan fingerprint density at radius 3 is 2.38 bits per heavy atom. The fraction of sp³-hybridized carbons (Fsp3) is 0.400. The number of fused-ring (bicyclic) bond motifs is 1. The number of hydrogen-bond acceptors (Lipinski definition) is 0. The van der Waals surface area contributed by atoms with Crippen LogP contribution in [0.3, 0.4) is 0 Å². The summed E-state index contributed by atoms with van der Waals surface area (Å²) < 4.78 is 0. The Bertz CT molecular complexity index is 1390. The van der Waals surface area contributed by atoms with E-state index in [9.17, 15) is 0 Å². The number of benzene rings is 1. The minimum absolute atomic E-state index is 0.371. The van der Waals surface area contributed by atoms with E-state index in [0.29, 0.717) is 29.6 Å². The third-order valence-electron chi connectivity index (χ3n) is 9.88. The van der Waals surface area contributed by atoms with E-state index in [0.717, 1.165) is 38.5 Å². The molecule has 4 aliphatic rings. The van der Waals surface area contributed by atoms with Crippen LogP contribution in [0.4, 0.5) is 0 Å². The van der Waals surface area contributed by atoms with Crippen molar-refractivity contribution in [3.05, 3.63) is 131 Å². The zero-order chi connectivity index (χ0) is 28.6. The Morgan fingerprint density at radius 1 is 1.00 bits per heavy atom. The van der Waals surface area contributed by atoms with Gasteiger partial charge < -0.3 is 0 Å². The Morgan fingerprint density at radius 2 is 1.73 bits per heavy atom. The van der Waals surface area contributed by atoms with E-state index in [4.69, 9.17) is 6.58 Å². The molecule has 208 valence electrons. The molecule has 5 atom stereocenters. The molecule has 0 aliphatic heterocycles. The molecular weight excluding hydrogens is 480 g/mol. The molecule has 0 aromatic heterocycles. The predicted octanol–water partition coefficient (Wildman–Crippen LogP) is 11.4. The highest BCUT2D eigenvalue weighted by atomic mass is 14.5. The molecule has 0 heteroatoms. The number of hydrogen-bond donors (Lipinski definition) is 0. The maximum absolute atomic E-state index is 4.78. The van der Waals surface area contributed by atoms with Gasteiger partial charge in [0.2, 0.25) is 0 Å². The lowest BCUT2D eigenvalue weighted by atomic mass is 9.62. The van der Waals surface area contributed by atoms with Gasteiger partial charge in [-0.15, -0.1) is 0 Å². The van der Waals surface area contributed by atoms with Gasteiger partial charge in [-0.05, 0) is 94.9 Å². The molecule has 0 spiro atoms. The van der Waals surface area contributed by atoms with Crippen LogP contribution < -0.4 is 0 Å². The van der Waals surface area contributed by atoms with Gasteiger partial charge in [0.15, 0.2) is 0 Å². The van der Waals surface area contributed by atoms with Crippen LogP contribution >= 0.6 is 0 Å². The Hall–Kier alpha value is -3.12. The Kier molecular flexibility index (Phi) is 8.37. The van der Waals surface area contributed by atoms with Gasteiger partial charge in [-0.1, -0.05) is 138 Å². The first-order valence-corrected chi connectivity index (χ1v) is 15.6. The summed E-state index contributed by atoms with van der Waals surface area (Å²) in [4.78, 5) is 0. The van der Waals surface area contributed by atoms with Crippen molar-refractivity contribution in [2.75, 3.05) is 0 Å². The van der Waals surface area contributed by atoms with Crippen LogP contribution in [0.1, 0.15) is 84.3 Å². The molecule has 0 saturated heterocycles. The van der Waals surface area contributed by atoms with Crippen molar-refractivity contribution in [2.45, 2.75) is 73.1 Å². The molecule has 0 bridgehead atoms. The van der Waals surface area contributed by atoms with Crippen LogP contribution in [0.5, 0.6) is 0 Å². The molecule has 5 unspecified atom stereocenters. The molecule has 0 amide bonds. The summed E-state index contributed by atoms with van der Waals surface area (Å²) in [5.41, 5.74) is 15.4. The maximum atomic E-state index is 4.78. The quantitative estimate of drug-likeness (QED) is 0.280. The summed E-state index contributed by atoms with van der Waals surface area (Å²) in [6.07, 6.45) is 21.0. The lowest BCUT2D eigenvalue weighted by Gasteiger charge is -2.42. The van der Waals surface area contributed by atoms with Crippen LogP contribution in [0.2, 0.25) is 0 Å². The van der Waals surface area contributed by atoms with Crippen LogP contribution in [0.15, 0.2) is 119 Å². The van der Waals surface area contributed by atoms with Crippen molar-refractivity contribution in [3.8, 4) is 0 Å². The Balaban J connectivity index is 1.40. The summed E-state index contributed by atoms with van der Waals surface area (Å²) in [6, 6.07) is 9.09. The second kappa shape index (κ2) is 11.8. The van der Waals surface area contributed by atoms with Gasteiger partial charge >= 0.3 is 0 Å². The first kappa shape index (κ1) is 28.4. The third kappa shape index (κ3) is 5.18. The van der Waals surface area contributed by atoms with E-state index < -0.39 is 0 Å². The molecule has 1 aromatic carbocycles. The third-order valence-corrected chi connectivity index (χ3v) is 9.88. The minimum atomic E-state index is 0.371. The van der Waals surface area contributed by atoms with Crippen molar-refractivity contribution in [1.82, 2.24) is 0 Å². The highest BCUT2D eigenvalue weighted by molar-refractivity contribution is 5.80. The van der Waals surface area contributed by atoms with Crippen LogP contribution in [-0.4, -0.2) is 0 Å². The van der Waals surface area contributed by atoms with E-state index in [1.807, 2.05) is 0 Å². The molecule has 1 fully saturated rings. The largest absolute Gasteiger partial charge is 0.0995 e. The van der Waals surface area contributed by atoms with E-state index in [2.05, 4.69) is 108 Å². The maximum Gasteiger partial charge on any atom is 0.0120 e. The topological polar surface area (TPSA) is 0 Å². The van der Waals surface area contributed by atoms with Gasteiger partial charge in [0.1, 0.15) is 0 Å². The van der Waals surface area contributed by atoms with Gasteiger partial charge in [0.05, 0.1) is 0 Å². The molecule has 1 aromatic rings. The molecule has 1 saturated carbocycles. The van der Waals surface area contributed by atoms with E-state index in [1.54, 1.807) is 11.1 Å². The van der Waals surface area contributed by atoms with Gasteiger partial charge in [-0.3, -0.25) is 0 Å². The first-order valence-electron chi connectivity index (χ1n) is 15.6. The van der Waals surface area contributed by atoms with E-state index in [1.165, 1.54) is 50.1 Å². The molecule has 0 radical (unpaired) electrons. The summed E-state index contributed by atoms with van der Waals surface area (Å²) in [5, 5.41) is 0. The zero-order valence-corrected chi connectivity index (χ0v) is 25.5. The first-order chi connectivity index (χ1) is 19.2. The molecule has 0 N–H and O–H groups in total. The second-order valence-corrected chi connectivity index (χ2v) is 12.7. The van der Waals surface area contributed by atoms with Crippen molar-refractivity contribution < 1.29 is 0 Å². The van der Waals surface area contributed by atoms with Crippen molar-refractivity contribution in [1.29, 1.82) is 0 Å².